The summed E-state index contributed by atoms with van der Waals surface area (Å²) in [7, 11) is -3.56. The molecule has 0 saturated heterocycles. The molecule has 0 aliphatic heterocycles. The summed E-state index contributed by atoms with van der Waals surface area (Å²) in [6.45, 7) is 4.38. The molecule has 0 N–H and O–H groups in total. The summed E-state index contributed by atoms with van der Waals surface area (Å²) < 4.78 is 32.5. The van der Waals surface area contributed by atoms with Gasteiger partial charge in [0, 0.05) is 24.2 Å². The Hall–Kier alpha value is -2.96. The summed E-state index contributed by atoms with van der Waals surface area (Å²) in [6, 6.07) is 21.7. The summed E-state index contributed by atoms with van der Waals surface area (Å²) in [5.74, 6) is -0.488. The summed E-state index contributed by atoms with van der Waals surface area (Å²) in [5, 5.41) is 0. The third kappa shape index (κ3) is 3.42. The number of ether oxygens (including phenoxy) is 1. The van der Waals surface area contributed by atoms with Gasteiger partial charge < -0.3 is 4.74 Å². The van der Waals surface area contributed by atoms with Crippen molar-refractivity contribution in [2.24, 2.45) is 0 Å². The number of hydrogen-bond acceptors (Lipinski definition) is 4. The Labute approximate surface area is 177 Å². The monoisotopic (exact) mass is 421 g/mol. The van der Waals surface area contributed by atoms with Gasteiger partial charge in [-0.15, -0.1) is 0 Å². The van der Waals surface area contributed by atoms with E-state index in [-0.39, 0.29) is 4.90 Å². The molecule has 0 unspecified atom stereocenters. The van der Waals surface area contributed by atoms with Gasteiger partial charge in [0.2, 0.25) is 10.0 Å². The normalized spacial score (nSPS) is 13.2. The van der Waals surface area contributed by atoms with Crippen LogP contribution in [0.15, 0.2) is 77.7 Å². The highest BCUT2D eigenvalue weighted by Gasteiger charge is 2.31. The molecule has 1 aliphatic rings. The van der Waals surface area contributed by atoms with Crippen molar-refractivity contribution < 1.29 is 17.9 Å². The molecule has 6 heteroatoms. The SMILES string of the molecule is CCN(CC)S(=O)(=O)c1ccc(C(=O)OC2c3ccccc3-c3ccccc32)cc1. The first-order chi connectivity index (χ1) is 14.5. The molecule has 0 saturated carbocycles. The van der Waals surface area contributed by atoms with E-state index in [2.05, 4.69) is 0 Å². The fourth-order valence-electron chi connectivity index (χ4n) is 3.89. The van der Waals surface area contributed by atoms with Crippen molar-refractivity contribution in [3.05, 3.63) is 89.5 Å². The molecule has 1 aliphatic carbocycles. The van der Waals surface area contributed by atoms with Gasteiger partial charge in [-0.05, 0) is 35.4 Å². The topological polar surface area (TPSA) is 63.7 Å². The van der Waals surface area contributed by atoms with Crippen molar-refractivity contribution in [3.63, 3.8) is 0 Å². The highest BCUT2D eigenvalue weighted by atomic mass is 32.2. The van der Waals surface area contributed by atoms with Crippen molar-refractivity contribution in [1.29, 1.82) is 0 Å². The lowest BCUT2D eigenvalue weighted by Gasteiger charge is -2.18. The molecule has 4 rings (SSSR count). The summed E-state index contributed by atoms with van der Waals surface area (Å²) in [5.41, 5.74) is 4.34. The molecule has 154 valence electrons. The van der Waals surface area contributed by atoms with Crippen LogP contribution in [0.3, 0.4) is 0 Å². The van der Waals surface area contributed by atoms with Crippen LogP contribution in [0.2, 0.25) is 0 Å². The van der Waals surface area contributed by atoms with E-state index in [9.17, 15) is 13.2 Å². The lowest BCUT2D eigenvalue weighted by Crippen LogP contribution is -2.30. The minimum Gasteiger partial charge on any atom is -0.449 e. The van der Waals surface area contributed by atoms with Gasteiger partial charge >= 0.3 is 5.97 Å². The second-order valence-electron chi connectivity index (χ2n) is 7.07. The second-order valence-corrected chi connectivity index (χ2v) is 9.01. The molecule has 3 aromatic carbocycles. The number of esters is 1. The minimum absolute atomic E-state index is 0.166. The Morgan fingerprint density at radius 3 is 1.83 bits per heavy atom. The zero-order valence-electron chi connectivity index (χ0n) is 16.9. The number of sulfonamides is 1. The lowest BCUT2D eigenvalue weighted by molar-refractivity contribution is 0.0385. The van der Waals surface area contributed by atoms with Crippen LogP contribution >= 0.6 is 0 Å². The predicted molar refractivity (Wildman–Crippen MR) is 116 cm³/mol. The average Bonchev–Trinajstić information content (AvgIpc) is 3.08. The molecular formula is C24H23NO4S. The third-order valence-corrected chi connectivity index (χ3v) is 7.50. The van der Waals surface area contributed by atoms with E-state index in [0.29, 0.717) is 18.7 Å². The summed E-state index contributed by atoms with van der Waals surface area (Å²) in [6.07, 6.45) is -0.482. The van der Waals surface area contributed by atoms with Crippen LogP contribution in [0.5, 0.6) is 0 Å². The highest BCUT2D eigenvalue weighted by molar-refractivity contribution is 7.89. The zero-order valence-corrected chi connectivity index (χ0v) is 17.7. The molecule has 0 atom stereocenters. The van der Waals surface area contributed by atoms with Crippen molar-refractivity contribution >= 4 is 16.0 Å². The number of benzene rings is 3. The first-order valence-electron chi connectivity index (χ1n) is 9.96. The van der Waals surface area contributed by atoms with E-state index in [1.165, 1.54) is 28.6 Å². The predicted octanol–water partition coefficient (Wildman–Crippen LogP) is 4.64. The van der Waals surface area contributed by atoms with Crippen LogP contribution < -0.4 is 0 Å². The maximum Gasteiger partial charge on any atom is 0.339 e. The van der Waals surface area contributed by atoms with Gasteiger partial charge in [-0.25, -0.2) is 13.2 Å². The maximum absolute atomic E-state index is 12.8. The molecule has 0 bridgehead atoms. The number of fused-ring (bicyclic) bond motifs is 3. The molecule has 0 amide bonds. The molecule has 30 heavy (non-hydrogen) atoms. The van der Waals surface area contributed by atoms with Gasteiger partial charge in [-0.1, -0.05) is 62.4 Å². The van der Waals surface area contributed by atoms with Gasteiger partial charge in [0.1, 0.15) is 0 Å². The Bertz CT molecular complexity index is 1140. The van der Waals surface area contributed by atoms with Crippen LogP contribution in [0, 0.1) is 0 Å². The van der Waals surface area contributed by atoms with E-state index in [1.54, 1.807) is 13.8 Å². The first-order valence-corrected chi connectivity index (χ1v) is 11.4. The van der Waals surface area contributed by atoms with Crippen LogP contribution in [-0.2, 0) is 14.8 Å². The maximum atomic E-state index is 12.8. The van der Waals surface area contributed by atoms with Crippen LogP contribution in [0.1, 0.15) is 41.4 Å². The van der Waals surface area contributed by atoms with Crippen molar-refractivity contribution in [1.82, 2.24) is 4.31 Å². The van der Waals surface area contributed by atoms with Gasteiger partial charge in [-0.3, -0.25) is 0 Å². The Morgan fingerprint density at radius 2 is 1.33 bits per heavy atom. The van der Waals surface area contributed by atoms with E-state index >= 15 is 0 Å². The molecule has 3 aromatic rings. The molecule has 5 nitrogen and oxygen atoms in total. The molecular weight excluding hydrogens is 398 g/mol. The van der Waals surface area contributed by atoms with E-state index < -0.39 is 22.1 Å². The lowest BCUT2D eigenvalue weighted by atomic mass is 10.1. The molecule has 0 spiro atoms. The van der Waals surface area contributed by atoms with E-state index in [1.807, 2.05) is 48.5 Å². The number of carbonyl (C=O) groups is 1. The summed E-state index contributed by atoms with van der Waals surface area (Å²) >= 11 is 0. The standard InChI is InChI=1S/C24H23NO4S/c1-3-25(4-2)30(27,28)18-15-13-17(14-16-18)24(26)29-23-21-11-7-5-9-19(21)20-10-6-8-12-22(20)23/h5-16,23H,3-4H2,1-2H3. The Kier molecular flexibility index (Phi) is 5.45. The number of hydrogen-bond donors (Lipinski definition) is 0. The third-order valence-electron chi connectivity index (χ3n) is 5.43. The fourth-order valence-corrected chi connectivity index (χ4v) is 5.35. The van der Waals surface area contributed by atoms with E-state index in [0.717, 1.165) is 22.3 Å². The van der Waals surface area contributed by atoms with Crippen LogP contribution in [-0.4, -0.2) is 31.8 Å². The largest absolute Gasteiger partial charge is 0.449 e. The van der Waals surface area contributed by atoms with Crippen LogP contribution in [0.4, 0.5) is 0 Å². The minimum atomic E-state index is -3.56. The average molecular weight is 422 g/mol. The molecule has 0 heterocycles. The number of nitrogens with zero attached hydrogens (tertiary/aromatic N) is 1. The fraction of sp³-hybridized carbons (Fsp3) is 0.208. The first kappa shape index (κ1) is 20.3. The highest BCUT2D eigenvalue weighted by Crippen LogP contribution is 2.45. The van der Waals surface area contributed by atoms with Crippen molar-refractivity contribution in [3.8, 4) is 11.1 Å². The van der Waals surface area contributed by atoms with Gasteiger partial charge in [-0.2, -0.15) is 4.31 Å². The van der Waals surface area contributed by atoms with Gasteiger partial charge in [0.15, 0.2) is 6.10 Å². The summed E-state index contributed by atoms with van der Waals surface area (Å²) in [4.78, 5) is 13.0. The Balaban J connectivity index is 1.60. The number of rotatable bonds is 6. The van der Waals surface area contributed by atoms with Gasteiger partial charge in [0.25, 0.3) is 0 Å². The number of carbonyl (C=O) groups excluding carboxylic acids is 1. The zero-order chi connectivity index (χ0) is 21.3. The quantitative estimate of drug-likeness (QED) is 0.544. The molecule has 0 aromatic heterocycles. The second kappa shape index (κ2) is 8.05. The van der Waals surface area contributed by atoms with Crippen molar-refractivity contribution in [2.75, 3.05) is 13.1 Å². The van der Waals surface area contributed by atoms with E-state index in [4.69, 9.17) is 4.74 Å². The Morgan fingerprint density at radius 1 is 0.833 bits per heavy atom. The molecule has 0 fully saturated rings. The van der Waals surface area contributed by atoms with Crippen LogP contribution in [0.25, 0.3) is 11.1 Å². The molecule has 0 radical (unpaired) electrons. The van der Waals surface area contributed by atoms with Gasteiger partial charge in [0.05, 0.1) is 10.5 Å². The van der Waals surface area contributed by atoms with Crippen molar-refractivity contribution in [2.45, 2.75) is 24.8 Å². The smallest absolute Gasteiger partial charge is 0.339 e.